The molecule has 0 saturated heterocycles. The van der Waals surface area contributed by atoms with Crippen molar-refractivity contribution in [1.82, 2.24) is 9.55 Å². The Hall–Kier alpha value is -3.12. The minimum absolute atomic E-state index is 0.0262. The molecule has 0 bridgehead atoms. The van der Waals surface area contributed by atoms with Crippen molar-refractivity contribution in [2.24, 2.45) is 5.41 Å². The highest BCUT2D eigenvalue weighted by Crippen LogP contribution is 2.24. The van der Waals surface area contributed by atoms with Crippen LogP contribution < -0.4 is 10.9 Å². The van der Waals surface area contributed by atoms with Gasteiger partial charge < -0.3 is 14.3 Å². The lowest BCUT2D eigenvalue weighted by molar-refractivity contribution is 0.0999. The van der Waals surface area contributed by atoms with Crippen molar-refractivity contribution in [3.8, 4) is 0 Å². The molecule has 0 atom stereocenters. The zero-order valence-electron chi connectivity index (χ0n) is 16.3. The second-order valence-electron chi connectivity index (χ2n) is 8.16. The van der Waals surface area contributed by atoms with Crippen LogP contribution in [0.3, 0.4) is 0 Å². The smallest absolute Gasteiger partial charge is 0.291 e. The molecular weight excluding hydrogens is 390 g/mol. The monoisotopic (exact) mass is 409 g/mol. The van der Waals surface area contributed by atoms with Crippen molar-refractivity contribution in [1.29, 1.82) is 0 Å². The number of aromatic nitrogens is 2. The number of carbonyl (C=O) groups is 1. The van der Waals surface area contributed by atoms with E-state index in [9.17, 15) is 9.59 Å². The molecule has 6 nitrogen and oxygen atoms in total. The van der Waals surface area contributed by atoms with Crippen LogP contribution in [0.2, 0.25) is 5.15 Å². The van der Waals surface area contributed by atoms with Crippen LogP contribution in [0.25, 0.3) is 21.9 Å². The third-order valence-electron chi connectivity index (χ3n) is 4.47. The van der Waals surface area contributed by atoms with E-state index in [2.05, 4.69) is 31.1 Å². The average molecular weight is 410 g/mol. The number of nitrogens with zero attached hydrogens (tertiary/aromatic N) is 2. The van der Waals surface area contributed by atoms with E-state index in [-0.39, 0.29) is 16.7 Å². The van der Waals surface area contributed by atoms with E-state index in [1.807, 2.05) is 6.07 Å². The van der Waals surface area contributed by atoms with Gasteiger partial charge in [0.2, 0.25) is 0 Å². The predicted molar refractivity (Wildman–Crippen MR) is 115 cm³/mol. The number of amides is 1. The van der Waals surface area contributed by atoms with Crippen LogP contribution in [0.4, 0.5) is 5.69 Å². The number of fused-ring (bicyclic) bond motifs is 2. The number of carbonyl (C=O) groups excluding carboxylic acids is 1. The number of pyridine rings is 2. The number of hydrogen-bond donors (Lipinski definition) is 1. The minimum atomic E-state index is -0.425. The molecule has 1 aromatic carbocycles. The summed E-state index contributed by atoms with van der Waals surface area (Å²) in [6, 6.07) is 11.9. The first-order valence-electron chi connectivity index (χ1n) is 9.21. The Labute approximate surface area is 172 Å². The number of benzene rings is 1. The van der Waals surface area contributed by atoms with Gasteiger partial charge in [0, 0.05) is 35.3 Å². The molecule has 1 amide bonds. The van der Waals surface area contributed by atoms with Crippen molar-refractivity contribution in [2.75, 3.05) is 5.32 Å². The third-order valence-corrected chi connectivity index (χ3v) is 4.69. The molecule has 0 aliphatic rings. The molecule has 4 aromatic rings. The minimum Gasteiger partial charge on any atom is -0.449 e. The number of halogens is 1. The summed E-state index contributed by atoms with van der Waals surface area (Å²) in [7, 11) is 0. The fourth-order valence-electron chi connectivity index (χ4n) is 3.26. The molecule has 0 aliphatic heterocycles. The maximum Gasteiger partial charge on any atom is 0.291 e. The average Bonchev–Trinajstić information content (AvgIpc) is 3.07. The Balaban J connectivity index is 1.69. The third kappa shape index (κ3) is 3.89. The number of nitrogens with one attached hydrogen (secondary N) is 1. The zero-order valence-corrected chi connectivity index (χ0v) is 17.1. The van der Waals surface area contributed by atoms with E-state index in [0.29, 0.717) is 39.3 Å². The highest BCUT2D eigenvalue weighted by molar-refractivity contribution is 6.29. The summed E-state index contributed by atoms with van der Waals surface area (Å²) in [5.41, 5.74) is 1.41. The quantitative estimate of drug-likeness (QED) is 0.478. The predicted octanol–water partition coefficient (Wildman–Crippen LogP) is 5.09. The van der Waals surface area contributed by atoms with E-state index < -0.39 is 5.91 Å². The van der Waals surface area contributed by atoms with E-state index >= 15 is 0 Å². The van der Waals surface area contributed by atoms with Crippen LogP contribution >= 0.6 is 11.6 Å². The van der Waals surface area contributed by atoms with Gasteiger partial charge >= 0.3 is 0 Å². The van der Waals surface area contributed by atoms with Crippen molar-refractivity contribution in [3.05, 3.63) is 69.9 Å². The van der Waals surface area contributed by atoms with Gasteiger partial charge in [0.15, 0.2) is 11.3 Å². The second kappa shape index (κ2) is 7.04. The van der Waals surface area contributed by atoms with Crippen LogP contribution in [-0.4, -0.2) is 15.5 Å². The lowest BCUT2D eigenvalue weighted by atomic mass is 9.96. The Morgan fingerprint density at radius 3 is 2.72 bits per heavy atom. The Bertz CT molecular complexity index is 1300. The maximum atomic E-state index is 12.9. The molecule has 3 aromatic heterocycles. The van der Waals surface area contributed by atoms with Gasteiger partial charge in [-0.15, -0.1) is 0 Å². The summed E-state index contributed by atoms with van der Waals surface area (Å²) < 4.78 is 7.26. The molecule has 4 rings (SSSR count). The molecular formula is C22H20ClN3O3. The van der Waals surface area contributed by atoms with Crippen LogP contribution in [0.15, 0.2) is 57.9 Å². The molecule has 3 heterocycles. The van der Waals surface area contributed by atoms with Gasteiger partial charge in [-0.1, -0.05) is 38.4 Å². The van der Waals surface area contributed by atoms with Crippen molar-refractivity contribution in [3.63, 3.8) is 0 Å². The number of rotatable bonds is 3. The van der Waals surface area contributed by atoms with Crippen LogP contribution in [0.5, 0.6) is 0 Å². The number of hydrogen-bond acceptors (Lipinski definition) is 4. The molecule has 0 aliphatic carbocycles. The molecule has 0 unspecified atom stereocenters. The zero-order chi connectivity index (χ0) is 20.8. The highest BCUT2D eigenvalue weighted by atomic mass is 35.5. The summed E-state index contributed by atoms with van der Waals surface area (Å²) in [5.74, 6) is -0.307. The SMILES string of the molecule is CC(C)(C)Cn1ccc2c(NC(=O)c3cc4nc(Cl)ccc4o3)cccc2c1=O. The van der Waals surface area contributed by atoms with Gasteiger partial charge in [-0.05, 0) is 35.7 Å². The largest absolute Gasteiger partial charge is 0.449 e. The molecule has 148 valence electrons. The standard InChI is InChI=1S/C22H20ClN3O3/c1-22(2,3)12-26-10-9-13-14(21(26)28)5-4-6-15(13)25-20(27)18-11-16-17(29-18)7-8-19(23)24-16/h4-11H,12H2,1-3H3,(H,25,27). The normalized spacial score (nSPS) is 11.9. The maximum absolute atomic E-state index is 12.9. The molecule has 29 heavy (non-hydrogen) atoms. The van der Waals surface area contributed by atoms with Gasteiger partial charge in [0.25, 0.3) is 11.5 Å². The van der Waals surface area contributed by atoms with Gasteiger partial charge in [0.05, 0.1) is 0 Å². The highest BCUT2D eigenvalue weighted by Gasteiger charge is 2.17. The Kier molecular flexibility index (Phi) is 4.67. The summed E-state index contributed by atoms with van der Waals surface area (Å²) in [5, 5.41) is 4.38. The topological polar surface area (TPSA) is 77.1 Å². The molecule has 0 radical (unpaired) electrons. The van der Waals surface area contributed by atoms with Gasteiger partial charge in [-0.2, -0.15) is 0 Å². The second-order valence-corrected chi connectivity index (χ2v) is 8.55. The van der Waals surface area contributed by atoms with Gasteiger partial charge in [-0.25, -0.2) is 4.98 Å². The summed E-state index contributed by atoms with van der Waals surface area (Å²) in [6.45, 7) is 6.84. The first kappa shape index (κ1) is 19.2. The van der Waals surface area contributed by atoms with Crippen molar-refractivity contribution in [2.45, 2.75) is 27.3 Å². The Morgan fingerprint density at radius 1 is 1.17 bits per heavy atom. The van der Waals surface area contributed by atoms with Crippen LogP contribution in [-0.2, 0) is 6.54 Å². The van der Waals surface area contributed by atoms with E-state index in [1.165, 1.54) is 6.07 Å². The number of anilines is 1. The summed E-state index contributed by atoms with van der Waals surface area (Å²) in [4.78, 5) is 29.7. The first-order chi connectivity index (χ1) is 13.7. The lowest BCUT2D eigenvalue weighted by Crippen LogP contribution is -2.26. The summed E-state index contributed by atoms with van der Waals surface area (Å²) in [6.07, 6.45) is 1.76. The van der Waals surface area contributed by atoms with Gasteiger partial charge in [-0.3, -0.25) is 9.59 Å². The first-order valence-corrected chi connectivity index (χ1v) is 9.59. The van der Waals surface area contributed by atoms with E-state index in [0.717, 1.165) is 0 Å². The molecule has 7 heteroatoms. The van der Waals surface area contributed by atoms with E-state index in [4.69, 9.17) is 16.0 Å². The number of furan rings is 1. The summed E-state index contributed by atoms with van der Waals surface area (Å²) >= 11 is 5.89. The molecule has 0 spiro atoms. The molecule has 0 saturated carbocycles. The fraction of sp³-hybridized carbons (Fsp3) is 0.227. The molecule has 0 fully saturated rings. The fourth-order valence-corrected chi connectivity index (χ4v) is 3.41. The van der Waals surface area contributed by atoms with Crippen LogP contribution in [0, 0.1) is 5.41 Å². The molecule has 1 N–H and O–H groups in total. The van der Waals surface area contributed by atoms with Crippen molar-refractivity contribution < 1.29 is 9.21 Å². The van der Waals surface area contributed by atoms with Crippen LogP contribution in [0.1, 0.15) is 31.3 Å². The lowest BCUT2D eigenvalue weighted by Gasteiger charge is -2.20. The Morgan fingerprint density at radius 2 is 1.97 bits per heavy atom. The van der Waals surface area contributed by atoms with Crippen molar-refractivity contribution >= 4 is 45.1 Å². The van der Waals surface area contributed by atoms with E-state index in [1.54, 1.807) is 41.1 Å². The van der Waals surface area contributed by atoms with Gasteiger partial charge in [0.1, 0.15) is 10.7 Å².